The molecule has 1 aliphatic heterocycles. The molecule has 0 amide bonds. The number of fused-ring (bicyclic) bond motifs is 1. The highest BCUT2D eigenvalue weighted by molar-refractivity contribution is 9.10. The van der Waals surface area contributed by atoms with Crippen LogP contribution in [-0.2, 0) is 4.74 Å². The number of hydrogen-bond donors (Lipinski definition) is 1. The number of hydrogen-bond acceptors (Lipinski definition) is 5. The van der Waals surface area contributed by atoms with E-state index in [1.165, 1.54) is 7.11 Å². The Bertz CT molecular complexity index is 640. The lowest BCUT2D eigenvalue weighted by Crippen LogP contribution is -2.46. The molecule has 1 saturated carbocycles. The van der Waals surface area contributed by atoms with Gasteiger partial charge in [0, 0.05) is 24.4 Å². The number of methoxy groups -OCH3 is 1. The van der Waals surface area contributed by atoms with Crippen molar-refractivity contribution in [3.8, 4) is 11.5 Å². The van der Waals surface area contributed by atoms with Gasteiger partial charge in [0.15, 0.2) is 11.5 Å². The van der Waals surface area contributed by atoms with Gasteiger partial charge in [0.25, 0.3) is 5.79 Å². The summed E-state index contributed by atoms with van der Waals surface area (Å²) in [5.74, 6) is 0.462. The summed E-state index contributed by atoms with van der Waals surface area (Å²) in [4.78, 5) is 11.9. The summed E-state index contributed by atoms with van der Waals surface area (Å²) in [6.45, 7) is 3.82. The molecule has 1 fully saturated rings. The van der Waals surface area contributed by atoms with E-state index in [1.807, 2.05) is 13.8 Å². The van der Waals surface area contributed by atoms with Crippen LogP contribution < -0.4 is 15.2 Å². The molecule has 0 spiro atoms. The van der Waals surface area contributed by atoms with Gasteiger partial charge in [-0.2, -0.15) is 0 Å². The minimum Gasteiger partial charge on any atom is -0.465 e. The molecular formula is C17H22BrNO4. The summed E-state index contributed by atoms with van der Waals surface area (Å²) < 4.78 is 17.9. The Hall–Kier alpha value is -1.27. The van der Waals surface area contributed by atoms with Gasteiger partial charge in [0.1, 0.15) is 0 Å². The number of halogens is 1. The predicted octanol–water partition coefficient (Wildman–Crippen LogP) is 3.55. The Morgan fingerprint density at radius 2 is 1.91 bits per heavy atom. The van der Waals surface area contributed by atoms with E-state index in [2.05, 4.69) is 15.9 Å². The van der Waals surface area contributed by atoms with Gasteiger partial charge in [-0.05, 0) is 54.6 Å². The molecule has 23 heavy (non-hydrogen) atoms. The van der Waals surface area contributed by atoms with Gasteiger partial charge >= 0.3 is 5.97 Å². The van der Waals surface area contributed by atoms with Crippen LogP contribution in [-0.4, -0.2) is 24.9 Å². The zero-order chi connectivity index (χ0) is 16.8. The van der Waals surface area contributed by atoms with E-state index in [4.69, 9.17) is 19.9 Å². The molecule has 5 nitrogen and oxygen atoms in total. The molecule has 1 unspecified atom stereocenters. The van der Waals surface area contributed by atoms with Crippen molar-refractivity contribution in [3.63, 3.8) is 0 Å². The Kier molecular flexibility index (Phi) is 4.31. The number of carbonyl (C=O) groups excluding carboxylic acids is 1. The molecule has 126 valence electrons. The average Bonchev–Trinajstić information content (AvgIpc) is 2.90. The third kappa shape index (κ3) is 2.83. The lowest BCUT2D eigenvalue weighted by molar-refractivity contribution is -0.121. The smallest absolute Gasteiger partial charge is 0.338 e. The van der Waals surface area contributed by atoms with Crippen molar-refractivity contribution in [2.24, 2.45) is 11.7 Å². The van der Waals surface area contributed by atoms with Gasteiger partial charge in [-0.1, -0.05) is 0 Å². The average molecular weight is 384 g/mol. The van der Waals surface area contributed by atoms with Gasteiger partial charge in [0.2, 0.25) is 0 Å². The molecule has 2 N–H and O–H groups in total. The fraction of sp³-hybridized carbons (Fsp3) is 0.588. The summed E-state index contributed by atoms with van der Waals surface area (Å²) in [5, 5.41) is 0. The molecule has 0 bridgehead atoms. The van der Waals surface area contributed by atoms with E-state index in [1.54, 1.807) is 6.07 Å². The first kappa shape index (κ1) is 16.6. The summed E-state index contributed by atoms with van der Waals surface area (Å²) >= 11 is 3.48. The van der Waals surface area contributed by atoms with Gasteiger partial charge in [-0.25, -0.2) is 4.79 Å². The minimum atomic E-state index is -0.718. The third-order valence-corrected chi connectivity index (χ3v) is 5.56. The molecule has 1 aromatic carbocycles. The highest BCUT2D eigenvalue weighted by atomic mass is 79.9. The van der Waals surface area contributed by atoms with E-state index in [-0.39, 0.29) is 17.9 Å². The fourth-order valence-corrected chi connectivity index (χ4v) is 3.97. The van der Waals surface area contributed by atoms with E-state index in [0.29, 0.717) is 21.5 Å². The summed E-state index contributed by atoms with van der Waals surface area (Å²) in [7, 11) is 1.37. The van der Waals surface area contributed by atoms with Crippen molar-refractivity contribution < 1.29 is 19.0 Å². The second-order valence-electron chi connectivity index (χ2n) is 6.51. The van der Waals surface area contributed by atoms with Gasteiger partial charge in [0.05, 0.1) is 17.1 Å². The van der Waals surface area contributed by atoms with Crippen LogP contribution >= 0.6 is 15.9 Å². The molecule has 3 rings (SSSR count). The second-order valence-corrected chi connectivity index (χ2v) is 7.37. The Labute approximate surface area is 144 Å². The molecular weight excluding hydrogens is 362 g/mol. The Morgan fingerprint density at radius 1 is 1.30 bits per heavy atom. The molecule has 2 aliphatic rings. The molecule has 0 saturated heterocycles. The van der Waals surface area contributed by atoms with Crippen LogP contribution in [0.15, 0.2) is 10.5 Å². The first-order valence-corrected chi connectivity index (χ1v) is 8.70. The lowest BCUT2D eigenvalue weighted by Gasteiger charge is -2.36. The van der Waals surface area contributed by atoms with Crippen LogP contribution in [0, 0.1) is 12.8 Å². The van der Waals surface area contributed by atoms with Gasteiger partial charge in [-0.15, -0.1) is 0 Å². The van der Waals surface area contributed by atoms with E-state index in [9.17, 15) is 4.79 Å². The maximum absolute atomic E-state index is 11.9. The van der Waals surface area contributed by atoms with Crippen LogP contribution in [0.4, 0.5) is 0 Å². The molecule has 1 aromatic rings. The van der Waals surface area contributed by atoms with Crippen LogP contribution in [0.25, 0.3) is 0 Å². The number of rotatable bonds is 2. The van der Waals surface area contributed by atoms with Crippen molar-refractivity contribution in [1.29, 1.82) is 0 Å². The fourth-order valence-electron chi connectivity index (χ4n) is 3.48. The minimum absolute atomic E-state index is 0.276. The first-order valence-electron chi connectivity index (χ1n) is 7.90. The zero-order valence-corrected chi connectivity index (χ0v) is 15.2. The number of carbonyl (C=O) groups is 1. The van der Waals surface area contributed by atoms with E-state index >= 15 is 0 Å². The van der Waals surface area contributed by atoms with Crippen LogP contribution in [0.3, 0.4) is 0 Å². The first-order chi connectivity index (χ1) is 10.9. The zero-order valence-electron chi connectivity index (χ0n) is 13.6. The molecule has 1 aliphatic carbocycles. The maximum atomic E-state index is 11.9. The number of esters is 1. The number of nitrogens with two attached hydrogens (primary N) is 1. The molecule has 6 heteroatoms. The van der Waals surface area contributed by atoms with Crippen LogP contribution in [0.2, 0.25) is 0 Å². The second kappa shape index (κ2) is 5.98. The Morgan fingerprint density at radius 3 is 2.52 bits per heavy atom. The van der Waals surface area contributed by atoms with Crippen LogP contribution in [0.1, 0.15) is 48.5 Å². The largest absolute Gasteiger partial charge is 0.465 e. The van der Waals surface area contributed by atoms with Crippen molar-refractivity contribution >= 4 is 21.9 Å². The van der Waals surface area contributed by atoms with E-state index in [0.717, 1.165) is 31.2 Å². The van der Waals surface area contributed by atoms with Crippen LogP contribution in [0.5, 0.6) is 11.5 Å². The SMILES string of the molecule is COC(=O)c1cc(Br)c2c(c1C)OC(C)(C1CCC(N)CC1)O2. The normalized spacial score (nSPS) is 29.4. The highest BCUT2D eigenvalue weighted by Crippen LogP contribution is 2.51. The summed E-state index contributed by atoms with van der Waals surface area (Å²) in [6.07, 6.45) is 3.92. The van der Waals surface area contributed by atoms with Crippen molar-refractivity contribution in [1.82, 2.24) is 0 Å². The summed E-state index contributed by atoms with van der Waals surface area (Å²) in [5.41, 5.74) is 7.22. The Balaban J connectivity index is 1.92. The van der Waals surface area contributed by atoms with E-state index < -0.39 is 5.79 Å². The predicted molar refractivity (Wildman–Crippen MR) is 89.8 cm³/mol. The molecule has 0 radical (unpaired) electrons. The third-order valence-electron chi connectivity index (χ3n) is 4.97. The maximum Gasteiger partial charge on any atom is 0.338 e. The van der Waals surface area contributed by atoms with Crippen molar-refractivity contribution in [3.05, 3.63) is 21.7 Å². The number of ether oxygens (including phenoxy) is 3. The van der Waals surface area contributed by atoms with Gasteiger partial charge in [-0.3, -0.25) is 0 Å². The van der Waals surface area contributed by atoms with Crippen molar-refractivity contribution in [2.75, 3.05) is 7.11 Å². The number of benzene rings is 1. The quantitative estimate of drug-likeness (QED) is 0.790. The standard InChI is InChI=1S/C17H22BrNO4/c1-9-12(16(20)21-3)8-13(18)15-14(9)22-17(2,23-15)10-4-6-11(19)7-5-10/h8,10-11H,4-7,19H2,1-3H3. The molecule has 1 heterocycles. The topological polar surface area (TPSA) is 70.8 Å². The van der Waals surface area contributed by atoms with Crippen molar-refractivity contribution in [2.45, 2.75) is 51.4 Å². The lowest BCUT2D eigenvalue weighted by atomic mass is 9.81. The molecule has 0 aromatic heterocycles. The molecule has 1 atom stereocenters. The monoisotopic (exact) mass is 383 g/mol. The van der Waals surface area contributed by atoms with Gasteiger partial charge < -0.3 is 19.9 Å². The summed E-state index contributed by atoms with van der Waals surface area (Å²) in [6, 6.07) is 2.00. The highest BCUT2D eigenvalue weighted by Gasteiger charge is 2.47.